The van der Waals surface area contributed by atoms with Crippen LogP contribution in [0.1, 0.15) is 6.42 Å². The molecule has 0 fully saturated rings. The molecule has 0 radical (unpaired) electrons. The molecule has 0 bridgehead atoms. The molecule has 0 saturated heterocycles. The van der Waals surface area contributed by atoms with Crippen molar-refractivity contribution in [3.05, 3.63) is 36.6 Å². The highest BCUT2D eigenvalue weighted by Gasteiger charge is 2.25. The molecular formula is C14H18IN3O4S. The van der Waals surface area contributed by atoms with Crippen molar-refractivity contribution in [1.29, 1.82) is 0 Å². The molecule has 9 heteroatoms. The Balaban J connectivity index is 2.74. The van der Waals surface area contributed by atoms with Gasteiger partial charge >= 0.3 is 6.09 Å². The van der Waals surface area contributed by atoms with E-state index in [0.29, 0.717) is 24.4 Å². The molecule has 1 rings (SSSR count). The van der Waals surface area contributed by atoms with Gasteiger partial charge in [-0.1, -0.05) is 15.0 Å². The number of nitrogens with two attached hydrogens (primary N) is 1. The predicted octanol–water partition coefficient (Wildman–Crippen LogP) is 1.51. The lowest BCUT2D eigenvalue weighted by Crippen LogP contribution is -2.39. The van der Waals surface area contributed by atoms with Crippen molar-refractivity contribution in [2.24, 2.45) is 5.73 Å². The summed E-state index contributed by atoms with van der Waals surface area (Å²) >= 11 is 2.13. The maximum absolute atomic E-state index is 12.1. The van der Waals surface area contributed by atoms with Crippen LogP contribution >= 0.6 is 30.1 Å². The van der Waals surface area contributed by atoms with Gasteiger partial charge in [-0.25, -0.2) is 4.79 Å². The summed E-state index contributed by atoms with van der Waals surface area (Å²) in [7, 11) is 1.55. The SMILES string of the molecule is C=CCC1C=C(C(=O)NCC(N)=O)C=CN1C(=O)OCCSI. The Morgan fingerprint density at radius 3 is 2.87 bits per heavy atom. The molecule has 0 spiro atoms. The first-order chi connectivity index (χ1) is 11.0. The molecule has 1 aliphatic rings. The van der Waals surface area contributed by atoms with E-state index in [1.807, 2.05) is 0 Å². The second-order valence-electron chi connectivity index (χ2n) is 4.51. The van der Waals surface area contributed by atoms with Gasteiger partial charge in [-0.3, -0.25) is 14.5 Å². The van der Waals surface area contributed by atoms with Crippen LogP contribution < -0.4 is 11.1 Å². The summed E-state index contributed by atoms with van der Waals surface area (Å²) < 4.78 is 5.16. The molecule has 0 aromatic heterocycles. The monoisotopic (exact) mass is 451 g/mol. The Bertz CT molecular complexity index is 536. The van der Waals surface area contributed by atoms with Crippen molar-refractivity contribution in [3.8, 4) is 0 Å². The van der Waals surface area contributed by atoms with Crippen LogP contribution in [0.5, 0.6) is 0 Å². The van der Waals surface area contributed by atoms with Crippen molar-refractivity contribution in [2.45, 2.75) is 12.5 Å². The van der Waals surface area contributed by atoms with Crippen LogP contribution in [-0.2, 0) is 14.3 Å². The molecule has 1 unspecified atom stereocenters. The molecule has 1 atom stereocenters. The topological polar surface area (TPSA) is 102 Å². The zero-order chi connectivity index (χ0) is 17.2. The molecule has 0 aliphatic carbocycles. The Kier molecular flexibility index (Phi) is 8.77. The summed E-state index contributed by atoms with van der Waals surface area (Å²) in [6.45, 7) is 3.73. The van der Waals surface area contributed by atoms with Gasteiger partial charge in [0.25, 0.3) is 5.91 Å². The second-order valence-corrected chi connectivity index (χ2v) is 7.01. The number of carbonyl (C=O) groups excluding carboxylic acids is 3. The van der Waals surface area contributed by atoms with E-state index in [9.17, 15) is 14.4 Å². The Hall–Kier alpha value is -1.49. The van der Waals surface area contributed by atoms with Gasteiger partial charge in [0.2, 0.25) is 5.91 Å². The second kappa shape index (κ2) is 10.3. The normalized spacial score (nSPS) is 16.5. The van der Waals surface area contributed by atoms with E-state index in [1.165, 1.54) is 17.2 Å². The van der Waals surface area contributed by atoms with Crippen LogP contribution in [0.2, 0.25) is 0 Å². The van der Waals surface area contributed by atoms with Crippen molar-refractivity contribution in [2.75, 3.05) is 18.9 Å². The van der Waals surface area contributed by atoms with E-state index >= 15 is 0 Å². The molecule has 3 amide bonds. The lowest BCUT2D eigenvalue weighted by atomic mass is 10.0. The number of ether oxygens (including phenoxy) is 1. The van der Waals surface area contributed by atoms with Gasteiger partial charge < -0.3 is 15.8 Å². The van der Waals surface area contributed by atoms with Gasteiger partial charge in [-0.05, 0) is 39.8 Å². The van der Waals surface area contributed by atoms with Crippen molar-refractivity contribution in [1.82, 2.24) is 10.2 Å². The maximum atomic E-state index is 12.1. The molecule has 0 saturated carbocycles. The quantitative estimate of drug-likeness (QED) is 0.331. The third kappa shape index (κ3) is 6.65. The minimum absolute atomic E-state index is 0.240. The van der Waals surface area contributed by atoms with Gasteiger partial charge in [-0.2, -0.15) is 0 Å². The zero-order valence-electron chi connectivity index (χ0n) is 12.4. The third-order valence-corrected chi connectivity index (χ3v) is 4.48. The number of amides is 3. The van der Waals surface area contributed by atoms with Gasteiger partial charge in [0.05, 0.1) is 12.6 Å². The van der Waals surface area contributed by atoms with Crippen LogP contribution in [0.4, 0.5) is 4.79 Å². The van der Waals surface area contributed by atoms with E-state index in [2.05, 4.69) is 33.1 Å². The number of rotatable bonds is 8. The number of nitrogens with one attached hydrogen (secondary N) is 1. The van der Waals surface area contributed by atoms with E-state index in [0.717, 1.165) is 0 Å². The predicted molar refractivity (Wildman–Crippen MR) is 97.7 cm³/mol. The Morgan fingerprint density at radius 2 is 2.26 bits per heavy atom. The highest BCUT2D eigenvalue weighted by molar-refractivity contribution is 14.2. The van der Waals surface area contributed by atoms with E-state index < -0.39 is 17.9 Å². The molecule has 23 heavy (non-hydrogen) atoms. The molecular weight excluding hydrogens is 433 g/mol. The van der Waals surface area contributed by atoms with Crippen molar-refractivity contribution >= 4 is 48.0 Å². The number of hydrogen-bond donors (Lipinski definition) is 2. The average molecular weight is 451 g/mol. The zero-order valence-corrected chi connectivity index (χ0v) is 15.3. The minimum Gasteiger partial charge on any atom is -0.448 e. The first kappa shape index (κ1) is 19.6. The molecule has 3 N–H and O–H groups in total. The van der Waals surface area contributed by atoms with Crippen LogP contribution in [-0.4, -0.2) is 47.8 Å². The fourth-order valence-corrected chi connectivity index (χ4v) is 2.50. The average Bonchev–Trinajstić information content (AvgIpc) is 2.53. The molecule has 1 heterocycles. The first-order valence-electron chi connectivity index (χ1n) is 6.75. The standard InChI is InChI=1S/C14H18IN3O4S/c1-2-3-11-8-10(13(20)17-9-12(16)19)4-5-18(11)14(21)22-6-7-23-15/h2,4-5,8,11H,1,3,6-7,9H2,(H2,16,19)(H,17,20). The van der Waals surface area contributed by atoms with Gasteiger partial charge in [-0.15, -0.1) is 6.58 Å². The van der Waals surface area contributed by atoms with Gasteiger partial charge in [0.1, 0.15) is 6.61 Å². The maximum Gasteiger partial charge on any atom is 0.414 e. The Morgan fingerprint density at radius 1 is 1.52 bits per heavy atom. The number of carbonyl (C=O) groups is 3. The number of nitrogens with zero attached hydrogens (tertiary/aromatic N) is 1. The van der Waals surface area contributed by atoms with E-state index in [-0.39, 0.29) is 12.6 Å². The fraction of sp³-hybridized carbons (Fsp3) is 0.357. The summed E-state index contributed by atoms with van der Waals surface area (Å²) in [6.07, 6.45) is 6.25. The van der Waals surface area contributed by atoms with E-state index in [1.54, 1.807) is 21.1 Å². The molecule has 126 valence electrons. The number of halogens is 1. The fourth-order valence-electron chi connectivity index (χ4n) is 1.82. The minimum atomic E-state index is -0.625. The summed E-state index contributed by atoms with van der Waals surface area (Å²) in [4.78, 5) is 36.1. The van der Waals surface area contributed by atoms with Crippen LogP contribution in [0.15, 0.2) is 36.6 Å². The molecule has 7 nitrogen and oxygen atoms in total. The molecule has 0 aromatic carbocycles. The highest BCUT2D eigenvalue weighted by Crippen LogP contribution is 2.19. The number of hydrogen-bond acceptors (Lipinski definition) is 5. The Labute approximate surface area is 150 Å². The lowest BCUT2D eigenvalue weighted by Gasteiger charge is -2.28. The summed E-state index contributed by atoms with van der Waals surface area (Å²) in [6, 6.07) is -0.369. The first-order valence-corrected chi connectivity index (χ1v) is 10.3. The lowest BCUT2D eigenvalue weighted by molar-refractivity contribution is -0.122. The summed E-state index contributed by atoms with van der Waals surface area (Å²) in [5.74, 6) is -0.352. The molecule has 0 aromatic rings. The van der Waals surface area contributed by atoms with Crippen LogP contribution in [0.25, 0.3) is 0 Å². The number of primary amides is 1. The van der Waals surface area contributed by atoms with Crippen molar-refractivity contribution in [3.63, 3.8) is 0 Å². The summed E-state index contributed by atoms with van der Waals surface area (Å²) in [5, 5.41) is 2.40. The van der Waals surface area contributed by atoms with E-state index in [4.69, 9.17) is 10.5 Å². The van der Waals surface area contributed by atoms with Gasteiger partial charge in [0.15, 0.2) is 0 Å². The van der Waals surface area contributed by atoms with Crippen LogP contribution in [0.3, 0.4) is 0 Å². The van der Waals surface area contributed by atoms with Crippen molar-refractivity contribution < 1.29 is 19.1 Å². The third-order valence-electron chi connectivity index (χ3n) is 2.83. The largest absolute Gasteiger partial charge is 0.448 e. The summed E-state index contributed by atoms with van der Waals surface area (Å²) in [5.41, 5.74) is 5.34. The highest BCUT2D eigenvalue weighted by atomic mass is 127. The smallest absolute Gasteiger partial charge is 0.414 e. The van der Waals surface area contributed by atoms with Gasteiger partial charge in [0, 0.05) is 17.5 Å². The molecule has 1 aliphatic heterocycles. The van der Waals surface area contributed by atoms with Crippen LogP contribution in [0, 0.1) is 0 Å².